The summed E-state index contributed by atoms with van der Waals surface area (Å²) in [7, 11) is 0. The molecule has 7 heteroatoms. The van der Waals surface area contributed by atoms with E-state index >= 15 is 0 Å². The Morgan fingerprint density at radius 2 is 0.940 bits per heavy atom. The fourth-order valence-corrected chi connectivity index (χ4v) is 6.65. The molecule has 10 rings (SSSR count). The molecule has 0 aliphatic heterocycles. The monoisotopic (exact) mass is 643 g/mol. The van der Waals surface area contributed by atoms with Gasteiger partial charge in [0.05, 0.1) is 0 Å². The van der Waals surface area contributed by atoms with E-state index in [1.807, 2.05) is 109 Å². The number of pyridine rings is 1. The lowest BCUT2D eigenvalue weighted by atomic mass is 9.95. The molecule has 0 spiro atoms. The van der Waals surface area contributed by atoms with E-state index in [-0.39, 0.29) is 0 Å². The third kappa shape index (κ3) is 4.71. The standard InChI is InChI=1S/C43H25N5O2/c1-3-11-26(12-4-1)40-46-41(27-13-5-2-6-14-27)48-42(47-40)29-21-28(24-44-25-29)30-19-20-34(32-16-8-7-15-31(30)32)43-45-36-22-35-33-17-9-10-18-37(33)49-38(35)23-39(36)50-43/h1-25H. The highest BCUT2D eigenvalue weighted by Gasteiger charge is 2.18. The molecule has 0 saturated heterocycles. The van der Waals surface area contributed by atoms with Crippen molar-refractivity contribution in [3.05, 3.63) is 152 Å². The summed E-state index contributed by atoms with van der Waals surface area (Å²) in [4.78, 5) is 24.3. The van der Waals surface area contributed by atoms with Crippen LogP contribution in [0.4, 0.5) is 0 Å². The van der Waals surface area contributed by atoms with Gasteiger partial charge in [-0.25, -0.2) is 19.9 Å². The number of nitrogens with zero attached hydrogens (tertiary/aromatic N) is 5. The first-order chi connectivity index (χ1) is 24.7. The summed E-state index contributed by atoms with van der Waals surface area (Å²) in [6.45, 7) is 0. The molecule has 0 fully saturated rings. The predicted molar refractivity (Wildman–Crippen MR) is 197 cm³/mol. The van der Waals surface area contributed by atoms with Crippen LogP contribution in [0.1, 0.15) is 0 Å². The molecule has 7 nitrogen and oxygen atoms in total. The van der Waals surface area contributed by atoms with Crippen molar-refractivity contribution in [1.82, 2.24) is 24.9 Å². The molecule has 0 radical (unpaired) electrons. The molecule has 0 unspecified atom stereocenters. The molecular formula is C43H25N5O2. The quantitative estimate of drug-likeness (QED) is 0.184. The van der Waals surface area contributed by atoms with Crippen molar-refractivity contribution in [2.45, 2.75) is 0 Å². The Morgan fingerprint density at radius 3 is 1.66 bits per heavy atom. The number of hydrogen-bond donors (Lipinski definition) is 0. The van der Waals surface area contributed by atoms with Crippen molar-refractivity contribution in [2.75, 3.05) is 0 Å². The van der Waals surface area contributed by atoms with E-state index in [1.165, 1.54) is 0 Å². The normalized spacial score (nSPS) is 11.6. The number of aromatic nitrogens is 5. The van der Waals surface area contributed by atoms with Gasteiger partial charge in [0.2, 0.25) is 5.89 Å². The zero-order chi connectivity index (χ0) is 33.0. The number of furan rings is 1. The first-order valence-corrected chi connectivity index (χ1v) is 16.3. The largest absolute Gasteiger partial charge is 0.456 e. The Balaban J connectivity index is 1.08. The summed E-state index contributed by atoms with van der Waals surface area (Å²) in [6.07, 6.45) is 3.68. The highest BCUT2D eigenvalue weighted by Crippen LogP contribution is 2.39. The average molecular weight is 644 g/mol. The third-order valence-corrected chi connectivity index (χ3v) is 9.05. The zero-order valence-corrected chi connectivity index (χ0v) is 26.5. The van der Waals surface area contributed by atoms with Crippen LogP contribution in [-0.4, -0.2) is 24.9 Å². The summed E-state index contributed by atoms with van der Waals surface area (Å²) < 4.78 is 12.5. The molecule has 4 aromatic heterocycles. The van der Waals surface area contributed by atoms with Crippen molar-refractivity contribution < 1.29 is 8.83 Å². The zero-order valence-electron chi connectivity index (χ0n) is 26.5. The van der Waals surface area contributed by atoms with Gasteiger partial charge in [-0.2, -0.15) is 0 Å². The second kappa shape index (κ2) is 11.3. The lowest BCUT2D eigenvalue weighted by molar-refractivity contribution is 0.618. The van der Waals surface area contributed by atoms with E-state index in [0.29, 0.717) is 28.9 Å². The minimum Gasteiger partial charge on any atom is -0.456 e. The molecule has 234 valence electrons. The number of hydrogen-bond acceptors (Lipinski definition) is 7. The first kappa shape index (κ1) is 28.1. The highest BCUT2D eigenvalue weighted by molar-refractivity contribution is 6.09. The maximum absolute atomic E-state index is 6.38. The van der Waals surface area contributed by atoms with Crippen LogP contribution in [-0.2, 0) is 0 Å². The molecule has 0 amide bonds. The maximum atomic E-state index is 6.38. The van der Waals surface area contributed by atoms with Crippen molar-refractivity contribution >= 4 is 43.8 Å². The van der Waals surface area contributed by atoms with Gasteiger partial charge in [-0.05, 0) is 40.6 Å². The van der Waals surface area contributed by atoms with Gasteiger partial charge in [-0.3, -0.25) is 4.98 Å². The van der Waals surface area contributed by atoms with E-state index in [0.717, 1.165) is 71.6 Å². The van der Waals surface area contributed by atoms with Crippen LogP contribution in [0, 0.1) is 0 Å². The van der Waals surface area contributed by atoms with Crippen LogP contribution in [0.2, 0.25) is 0 Å². The minimum absolute atomic E-state index is 0.554. The van der Waals surface area contributed by atoms with Gasteiger partial charge >= 0.3 is 0 Å². The van der Waals surface area contributed by atoms with Crippen molar-refractivity contribution in [2.24, 2.45) is 0 Å². The molecule has 0 bridgehead atoms. The maximum Gasteiger partial charge on any atom is 0.227 e. The Morgan fingerprint density at radius 1 is 0.360 bits per heavy atom. The molecule has 0 saturated carbocycles. The van der Waals surface area contributed by atoms with Crippen LogP contribution in [0.3, 0.4) is 0 Å². The third-order valence-electron chi connectivity index (χ3n) is 9.05. The predicted octanol–water partition coefficient (Wildman–Crippen LogP) is 10.8. The Labute approximate surface area is 285 Å². The van der Waals surface area contributed by atoms with Crippen molar-refractivity contribution in [3.63, 3.8) is 0 Å². The van der Waals surface area contributed by atoms with Crippen molar-refractivity contribution in [1.29, 1.82) is 0 Å². The van der Waals surface area contributed by atoms with Gasteiger partial charge < -0.3 is 8.83 Å². The molecule has 10 aromatic rings. The summed E-state index contributed by atoms with van der Waals surface area (Å²) >= 11 is 0. The number of oxazole rings is 1. The Bertz CT molecular complexity index is 2820. The number of fused-ring (bicyclic) bond motifs is 5. The topological polar surface area (TPSA) is 90.7 Å². The SMILES string of the molecule is c1ccc(-c2nc(-c3ccccc3)nc(-c3cncc(-c4ccc(-c5nc6cc7c(cc6o5)oc5ccccc57)c5ccccc45)c3)n2)cc1. The molecule has 0 atom stereocenters. The fraction of sp³-hybridized carbons (Fsp3) is 0. The van der Waals surface area contributed by atoms with E-state index < -0.39 is 0 Å². The summed E-state index contributed by atoms with van der Waals surface area (Å²) in [5.74, 6) is 2.32. The van der Waals surface area contributed by atoms with Gasteiger partial charge in [-0.1, -0.05) is 109 Å². The van der Waals surface area contributed by atoms with Gasteiger partial charge in [0.1, 0.15) is 16.7 Å². The molecule has 0 aliphatic carbocycles. The van der Waals surface area contributed by atoms with E-state index in [4.69, 9.17) is 28.8 Å². The van der Waals surface area contributed by atoms with Crippen LogP contribution in [0.5, 0.6) is 0 Å². The van der Waals surface area contributed by atoms with Gasteiger partial charge in [0, 0.05) is 57.0 Å². The van der Waals surface area contributed by atoms with E-state index in [9.17, 15) is 0 Å². The van der Waals surface area contributed by atoms with Crippen molar-refractivity contribution in [3.8, 4) is 56.7 Å². The lowest BCUT2D eigenvalue weighted by Crippen LogP contribution is -2.00. The number of para-hydroxylation sites is 1. The molecule has 0 N–H and O–H groups in total. The summed E-state index contributed by atoms with van der Waals surface area (Å²) in [5, 5.41) is 4.15. The van der Waals surface area contributed by atoms with Gasteiger partial charge in [0.15, 0.2) is 23.1 Å². The molecule has 4 heterocycles. The number of rotatable bonds is 5. The molecular weight excluding hydrogens is 619 g/mol. The number of benzene rings is 6. The average Bonchev–Trinajstić information content (AvgIpc) is 3.77. The summed E-state index contributed by atoms with van der Waals surface area (Å²) in [5.41, 5.74) is 8.59. The molecule has 0 aliphatic rings. The summed E-state index contributed by atoms with van der Waals surface area (Å²) in [6, 6.07) is 46.5. The van der Waals surface area contributed by atoms with Gasteiger partial charge in [0.25, 0.3) is 0 Å². The van der Waals surface area contributed by atoms with E-state index in [1.54, 1.807) is 6.20 Å². The second-order valence-corrected chi connectivity index (χ2v) is 12.1. The Kier molecular flexibility index (Phi) is 6.35. The lowest BCUT2D eigenvalue weighted by Gasteiger charge is -2.12. The minimum atomic E-state index is 0.554. The van der Waals surface area contributed by atoms with Crippen LogP contribution in [0.25, 0.3) is 101 Å². The smallest absolute Gasteiger partial charge is 0.227 e. The molecule has 6 aromatic carbocycles. The van der Waals surface area contributed by atoms with Crippen LogP contribution >= 0.6 is 0 Å². The second-order valence-electron chi connectivity index (χ2n) is 12.1. The Hall–Kier alpha value is -6.99. The fourth-order valence-electron chi connectivity index (χ4n) is 6.65. The van der Waals surface area contributed by atoms with Crippen LogP contribution < -0.4 is 0 Å². The van der Waals surface area contributed by atoms with Gasteiger partial charge in [-0.15, -0.1) is 0 Å². The molecule has 50 heavy (non-hydrogen) atoms. The highest BCUT2D eigenvalue weighted by atomic mass is 16.4. The van der Waals surface area contributed by atoms with E-state index in [2.05, 4.69) is 41.4 Å². The van der Waals surface area contributed by atoms with Crippen LogP contribution in [0.15, 0.2) is 161 Å². The first-order valence-electron chi connectivity index (χ1n) is 16.3.